The van der Waals surface area contributed by atoms with Crippen LogP contribution in [0.15, 0.2) is 18.2 Å². The predicted octanol–water partition coefficient (Wildman–Crippen LogP) is 4.21. The van der Waals surface area contributed by atoms with Crippen LogP contribution in [0.1, 0.15) is 56.6 Å². The minimum Gasteiger partial charge on any atom is -0.496 e. The maximum absolute atomic E-state index is 5.71. The fraction of sp³-hybridized carbons (Fsp3) is 0.588. The standard InChI is InChI=1S/C17H27NO2S/c1-3-4-5-6-7-8-11-20-13-14-9-10-16(19-2)15(12-14)17(18)21/h9-10,12H,3-8,11,13H2,1-2H3,(H2,18,21). The molecule has 0 heterocycles. The Bertz CT molecular complexity index is 435. The van der Waals surface area contributed by atoms with E-state index in [0.717, 1.165) is 24.2 Å². The summed E-state index contributed by atoms with van der Waals surface area (Å²) in [5.74, 6) is 0.710. The summed E-state index contributed by atoms with van der Waals surface area (Å²) in [6.07, 6.45) is 7.66. The first kappa shape index (κ1) is 17.9. The van der Waals surface area contributed by atoms with Gasteiger partial charge in [-0.15, -0.1) is 0 Å². The van der Waals surface area contributed by atoms with Crippen molar-refractivity contribution in [2.45, 2.75) is 52.1 Å². The van der Waals surface area contributed by atoms with Crippen molar-refractivity contribution >= 4 is 17.2 Å². The van der Waals surface area contributed by atoms with Crippen LogP contribution in [0.3, 0.4) is 0 Å². The lowest BCUT2D eigenvalue weighted by molar-refractivity contribution is 0.116. The number of hydrogen-bond acceptors (Lipinski definition) is 3. The summed E-state index contributed by atoms with van der Waals surface area (Å²) < 4.78 is 11.0. The average Bonchev–Trinajstić information content (AvgIpc) is 2.49. The Morgan fingerprint density at radius 3 is 2.52 bits per heavy atom. The lowest BCUT2D eigenvalue weighted by Gasteiger charge is -2.10. The molecule has 3 nitrogen and oxygen atoms in total. The number of benzene rings is 1. The number of rotatable bonds is 11. The minimum atomic E-state index is 0.352. The zero-order chi connectivity index (χ0) is 15.5. The largest absolute Gasteiger partial charge is 0.496 e. The van der Waals surface area contributed by atoms with Crippen LogP contribution in [0.4, 0.5) is 0 Å². The van der Waals surface area contributed by atoms with E-state index >= 15 is 0 Å². The zero-order valence-corrected chi connectivity index (χ0v) is 14.0. The van der Waals surface area contributed by atoms with E-state index in [1.165, 1.54) is 32.1 Å². The lowest BCUT2D eigenvalue weighted by atomic mass is 10.1. The highest BCUT2D eigenvalue weighted by Crippen LogP contribution is 2.20. The molecule has 0 aliphatic heterocycles. The first-order chi connectivity index (χ1) is 10.2. The minimum absolute atomic E-state index is 0.352. The molecule has 0 saturated heterocycles. The van der Waals surface area contributed by atoms with Gasteiger partial charge in [-0.3, -0.25) is 0 Å². The van der Waals surface area contributed by atoms with Gasteiger partial charge < -0.3 is 15.2 Å². The number of thiocarbonyl (C=S) groups is 1. The van der Waals surface area contributed by atoms with Gasteiger partial charge in [0.05, 0.1) is 19.3 Å². The molecule has 1 aromatic rings. The molecule has 2 N–H and O–H groups in total. The van der Waals surface area contributed by atoms with Gasteiger partial charge in [0.2, 0.25) is 0 Å². The summed E-state index contributed by atoms with van der Waals surface area (Å²) in [7, 11) is 1.62. The molecule has 0 unspecified atom stereocenters. The van der Waals surface area contributed by atoms with E-state index in [0.29, 0.717) is 17.3 Å². The molecule has 21 heavy (non-hydrogen) atoms. The number of hydrogen-bond donors (Lipinski definition) is 1. The van der Waals surface area contributed by atoms with Gasteiger partial charge in [0, 0.05) is 6.61 Å². The van der Waals surface area contributed by atoms with E-state index in [4.69, 9.17) is 27.4 Å². The fourth-order valence-electron chi connectivity index (χ4n) is 2.21. The molecule has 4 heteroatoms. The van der Waals surface area contributed by atoms with Crippen LogP contribution in [0.25, 0.3) is 0 Å². The third-order valence-electron chi connectivity index (χ3n) is 3.44. The highest BCUT2D eigenvalue weighted by Gasteiger charge is 2.07. The quantitative estimate of drug-likeness (QED) is 0.491. The Kier molecular flexibility index (Phi) is 9.02. The van der Waals surface area contributed by atoms with Gasteiger partial charge in [-0.2, -0.15) is 0 Å². The second kappa shape index (κ2) is 10.6. The third kappa shape index (κ3) is 6.91. The molecule has 1 rings (SSSR count). The van der Waals surface area contributed by atoms with Crippen molar-refractivity contribution in [1.82, 2.24) is 0 Å². The van der Waals surface area contributed by atoms with Crippen LogP contribution in [0.2, 0.25) is 0 Å². The van der Waals surface area contributed by atoms with Crippen LogP contribution < -0.4 is 10.5 Å². The first-order valence-electron chi connectivity index (χ1n) is 7.73. The molecule has 0 radical (unpaired) electrons. The van der Waals surface area contributed by atoms with Crippen molar-refractivity contribution in [3.05, 3.63) is 29.3 Å². The second-order valence-corrected chi connectivity index (χ2v) is 5.66. The molecular formula is C17H27NO2S. The average molecular weight is 309 g/mol. The summed E-state index contributed by atoms with van der Waals surface area (Å²) in [6, 6.07) is 5.82. The Morgan fingerprint density at radius 2 is 1.86 bits per heavy atom. The number of unbranched alkanes of at least 4 members (excludes halogenated alkanes) is 5. The molecule has 0 bridgehead atoms. The Hall–Kier alpha value is -1.13. The van der Waals surface area contributed by atoms with Gasteiger partial charge in [0.25, 0.3) is 0 Å². The maximum atomic E-state index is 5.71. The lowest BCUT2D eigenvalue weighted by Crippen LogP contribution is -2.11. The summed E-state index contributed by atoms with van der Waals surface area (Å²) in [6.45, 7) is 3.63. The third-order valence-corrected chi connectivity index (χ3v) is 3.66. The molecule has 0 spiro atoms. The monoisotopic (exact) mass is 309 g/mol. The summed E-state index contributed by atoms with van der Waals surface area (Å²) in [5.41, 5.74) is 7.55. The molecular weight excluding hydrogens is 282 g/mol. The molecule has 0 amide bonds. The number of ether oxygens (including phenoxy) is 2. The van der Waals surface area contributed by atoms with E-state index in [-0.39, 0.29) is 0 Å². The van der Waals surface area contributed by atoms with Gasteiger partial charge in [-0.1, -0.05) is 57.3 Å². The molecule has 0 aliphatic rings. The van der Waals surface area contributed by atoms with Crippen LogP contribution in [0.5, 0.6) is 5.75 Å². The van der Waals surface area contributed by atoms with Gasteiger partial charge in [-0.25, -0.2) is 0 Å². The van der Waals surface area contributed by atoms with Crippen LogP contribution in [0, 0.1) is 0 Å². The molecule has 0 aromatic heterocycles. The SMILES string of the molecule is CCCCCCCCOCc1ccc(OC)c(C(N)=S)c1. The Balaban J connectivity index is 2.29. The number of nitrogens with two attached hydrogens (primary N) is 1. The molecule has 0 aliphatic carbocycles. The zero-order valence-electron chi connectivity index (χ0n) is 13.2. The van der Waals surface area contributed by atoms with Crippen molar-refractivity contribution in [2.24, 2.45) is 5.73 Å². The summed E-state index contributed by atoms with van der Waals surface area (Å²) in [5, 5.41) is 0. The highest BCUT2D eigenvalue weighted by atomic mass is 32.1. The molecule has 1 aromatic carbocycles. The van der Waals surface area contributed by atoms with E-state index in [9.17, 15) is 0 Å². The van der Waals surface area contributed by atoms with E-state index in [2.05, 4.69) is 6.92 Å². The van der Waals surface area contributed by atoms with Gasteiger partial charge >= 0.3 is 0 Å². The highest BCUT2D eigenvalue weighted by molar-refractivity contribution is 7.80. The topological polar surface area (TPSA) is 44.5 Å². The normalized spacial score (nSPS) is 10.6. The van der Waals surface area contributed by atoms with Crippen molar-refractivity contribution < 1.29 is 9.47 Å². The molecule has 118 valence electrons. The Labute approximate surface area is 133 Å². The smallest absolute Gasteiger partial charge is 0.129 e. The van der Waals surface area contributed by atoms with Crippen LogP contribution in [-0.4, -0.2) is 18.7 Å². The van der Waals surface area contributed by atoms with Crippen molar-refractivity contribution in [3.63, 3.8) is 0 Å². The first-order valence-corrected chi connectivity index (χ1v) is 8.14. The molecule has 0 fully saturated rings. The van der Waals surface area contributed by atoms with Crippen molar-refractivity contribution in [1.29, 1.82) is 0 Å². The van der Waals surface area contributed by atoms with Crippen LogP contribution >= 0.6 is 12.2 Å². The predicted molar refractivity (Wildman–Crippen MR) is 91.9 cm³/mol. The van der Waals surface area contributed by atoms with Crippen molar-refractivity contribution in [3.8, 4) is 5.75 Å². The number of methoxy groups -OCH3 is 1. The van der Waals surface area contributed by atoms with Crippen LogP contribution in [-0.2, 0) is 11.3 Å². The summed E-state index contributed by atoms with van der Waals surface area (Å²) >= 11 is 5.04. The fourth-order valence-corrected chi connectivity index (χ4v) is 2.37. The summed E-state index contributed by atoms with van der Waals surface area (Å²) in [4.78, 5) is 0.352. The van der Waals surface area contributed by atoms with Crippen molar-refractivity contribution in [2.75, 3.05) is 13.7 Å². The second-order valence-electron chi connectivity index (χ2n) is 5.22. The van der Waals surface area contributed by atoms with Gasteiger partial charge in [0.15, 0.2) is 0 Å². The van der Waals surface area contributed by atoms with E-state index in [1.54, 1.807) is 7.11 Å². The maximum Gasteiger partial charge on any atom is 0.129 e. The molecule has 0 atom stereocenters. The van der Waals surface area contributed by atoms with Gasteiger partial charge in [0.1, 0.15) is 10.7 Å². The van der Waals surface area contributed by atoms with E-state index < -0.39 is 0 Å². The Morgan fingerprint density at radius 1 is 1.14 bits per heavy atom. The molecule has 0 saturated carbocycles. The van der Waals surface area contributed by atoms with Gasteiger partial charge in [-0.05, 0) is 24.1 Å². The van der Waals surface area contributed by atoms with E-state index in [1.807, 2.05) is 18.2 Å².